The maximum atomic E-state index is 10.4. The molecule has 41 heavy (non-hydrogen) atoms. The average molecular weight is 582 g/mol. The van der Waals surface area contributed by atoms with Crippen LogP contribution in [0.5, 0.6) is 0 Å². The molecule has 0 aromatic heterocycles. The molecule has 0 saturated carbocycles. The summed E-state index contributed by atoms with van der Waals surface area (Å²) in [5, 5.41) is 20.4. The van der Waals surface area contributed by atoms with E-state index in [0.29, 0.717) is 0 Å². The molecule has 0 atom stereocenters. The Morgan fingerprint density at radius 2 is 0.976 bits per heavy atom. The first-order valence-electron chi connectivity index (χ1n) is 13.3. The number of para-hydroxylation sites is 2. The van der Waals surface area contributed by atoms with Gasteiger partial charge in [-0.15, -0.1) is 0 Å². The van der Waals surface area contributed by atoms with Crippen molar-refractivity contribution >= 4 is 34.3 Å². The Hall–Kier alpha value is -4.12. The summed E-state index contributed by atoms with van der Waals surface area (Å²) in [4.78, 5) is 9.07. The van der Waals surface area contributed by atoms with Crippen LogP contribution in [-0.2, 0) is 18.6 Å². The molecule has 1 radical (unpaired) electrons. The van der Waals surface area contributed by atoms with Crippen LogP contribution in [0, 0.1) is 27.7 Å². The predicted octanol–water partition coefficient (Wildman–Crippen LogP) is 9.99. The Bertz CT molecular complexity index is 1510. The summed E-state index contributed by atoms with van der Waals surface area (Å²) in [5.41, 5.74) is 9.50. The van der Waals surface area contributed by atoms with Crippen molar-refractivity contribution in [3.05, 3.63) is 143 Å². The van der Waals surface area contributed by atoms with Crippen LogP contribution in [0.1, 0.15) is 47.2 Å². The third-order valence-electron chi connectivity index (χ3n) is 6.29. The number of aliphatic hydroxyl groups is 2. The summed E-state index contributed by atoms with van der Waals surface area (Å²) in [7, 11) is 0. The Morgan fingerprint density at radius 3 is 1.51 bits per heavy atom. The zero-order chi connectivity index (χ0) is 29.1. The van der Waals surface area contributed by atoms with Crippen molar-refractivity contribution < 1.29 is 28.8 Å². The van der Waals surface area contributed by atoms with E-state index in [-0.39, 0.29) is 30.1 Å². The molecule has 0 aliphatic heterocycles. The van der Waals surface area contributed by atoms with E-state index in [9.17, 15) is 10.2 Å². The Labute approximate surface area is 256 Å². The van der Waals surface area contributed by atoms with Gasteiger partial charge in [0.2, 0.25) is 0 Å². The van der Waals surface area contributed by atoms with Crippen molar-refractivity contribution in [2.45, 2.75) is 41.5 Å². The van der Waals surface area contributed by atoms with Crippen LogP contribution in [0.25, 0.3) is 11.5 Å². The van der Waals surface area contributed by atoms with Crippen LogP contribution in [0.2, 0.25) is 0 Å². The van der Waals surface area contributed by atoms with Gasteiger partial charge in [0.15, 0.2) is 0 Å². The number of aryl methyl sites for hydroxylation is 4. The maximum absolute atomic E-state index is 10.4. The summed E-state index contributed by atoms with van der Waals surface area (Å²) in [6, 6.07) is 31.2. The SMILES string of the molecule is CC(/C=C(\O)c1c(C)cccc1C)=Nc1c(C)cccc1C.CC(/C=C(\O)c1ccccc1)=Nc1ccccc1.[V]. The van der Waals surface area contributed by atoms with Gasteiger partial charge < -0.3 is 10.2 Å². The smallest absolute Gasteiger partial charge is 0.125 e. The maximum Gasteiger partial charge on any atom is 0.125 e. The van der Waals surface area contributed by atoms with Gasteiger partial charge >= 0.3 is 0 Å². The predicted molar refractivity (Wildman–Crippen MR) is 171 cm³/mol. The molecule has 4 rings (SSSR count). The van der Waals surface area contributed by atoms with E-state index in [1.807, 2.05) is 139 Å². The average Bonchev–Trinajstić information content (AvgIpc) is 2.92. The van der Waals surface area contributed by atoms with Gasteiger partial charge in [-0.25, -0.2) is 0 Å². The largest absolute Gasteiger partial charge is 0.507 e. The standard InChI is InChI=1S/C20H23NO.C16H15NO.V/c1-13-8-6-9-14(2)19(13)18(22)12-17(5)21-20-15(3)10-7-11-16(20)4;1-13(17-15-10-6-3-7-11-15)12-16(18)14-8-4-2-5-9-14;/h6-12,22H,1-5H3;2-12,18H,1H3;/b18-12-,21-17?;16-12-,17-13?;. The number of benzene rings is 4. The van der Waals surface area contributed by atoms with E-state index < -0.39 is 0 Å². The minimum absolute atomic E-state index is 0. The van der Waals surface area contributed by atoms with E-state index in [1.165, 1.54) is 0 Å². The Balaban J connectivity index is 0.000000285. The Morgan fingerprint density at radius 1 is 0.537 bits per heavy atom. The molecule has 0 amide bonds. The molecule has 0 heterocycles. The summed E-state index contributed by atoms with van der Waals surface area (Å²) < 4.78 is 0. The minimum atomic E-state index is 0. The second-order valence-corrected chi connectivity index (χ2v) is 9.77. The third-order valence-corrected chi connectivity index (χ3v) is 6.29. The minimum Gasteiger partial charge on any atom is -0.507 e. The number of hydrogen-bond donors (Lipinski definition) is 2. The molecule has 4 aromatic rings. The van der Waals surface area contributed by atoms with Crippen LogP contribution in [0.4, 0.5) is 11.4 Å². The molecule has 2 N–H and O–H groups in total. The van der Waals surface area contributed by atoms with Gasteiger partial charge in [0, 0.05) is 53.3 Å². The number of hydrogen-bond acceptors (Lipinski definition) is 4. The van der Waals surface area contributed by atoms with Crippen molar-refractivity contribution in [3.63, 3.8) is 0 Å². The molecule has 4 aromatic carbocycles. The normalized spacial score (nSPS) is 12.2. The van der Waals surface area contributed by atoms with Crippen LogP contribution in [-0.4, -0.2) is 21.6 Å². The van der Waals surface area contributed by atoms with Gasteiger partial charge in [-0.05, 0) is 75.9 Å². The number of rotatable bonds is 6. The van der Waals surface area contributed by atoms with E-state index in [4.69, 9.17) is 0 Å². The van der Waals surface area contributed by atoms with Crippen LogP contribution in [0.15, 0.2) is 119 Å². The van der Waals surface area contributed by atoms with E-state index >= 15 is 0 Å². The third kappa shape index (κ3) is 10.1. The summed E-state index contributed by atoms with van der Waals surface area (Å²) in [5.74, 6) is 0.496. The van der Waals surface area contributed by atoms with Crippen LogP contribution in [0.3, 0.4) is 0 Å². The van der Waals surface area contributed by atoms with Gasteiger partial charge in [0.05, 0.1) is 11.4 Å². The van der Waals surface area contributed by atoms with Crippen molar-refractivity contribution in [1.82, 2.24) is 0 Å². The van der Waals surface area contributed by atoms with E-state index in [2.05, 4.69) is 9.98 Å². The fourth-order valence-corrected chi connectivity index (χ4v) is 4.31. The molecule has 0 saturated heterocycles. The van der Waals surface area contributed by atoms with E-state index in [0.717, 1.165) is 56.2 Å². The molecule has 0 bridgehead atoms. The number of nitrogens with zero attached hydrogens (tertiary/aromatic N) is 2. The van der Waals surface area contributed by atoms with Crippen molar-refractivity contribution in [2.75, 3.05) is 0 Å². The summed E-state index contributed by atoms with van der Waals surface area (Å²) in [6.45, 7) is 11.9. The molecule has 0 fully saturated rings. The van der Waals surface area contributed by atoms with Crippen LogP contribution < -0.4 is 0 Å². The summed E-state index contributed by atoms with van der Waals surface area (Å²) >= 11 is 0. The van der Waals surface area contributed by atoms with Gasteiger partial charge in [-0.3, -0.25) is 9.98 Å². The van der Waals surface area contributed by atoms with E-state index in [1.54, 1.807) is 12.2 Å². The number of aliphatic hydroxyl groups excluding tert-OH is 2. The second kappa shape index (κ2) is 16.2. The molecular formula is C36H38N2O2V. The molecule has 0 spiro atoms. The fourth-order valence-electron chi connectivity index (χ4n) is 4.31. The van der Waals surface area contributed by atoms with Crippen molar-refractivity contribution in [2.24, 2.45) is 9.98 Å². The first-order valence-corrected chi connectivity index (χ1v) is 13.3. The Kier molecular flexibility index (Phi) is 13.1. The molecule has 4 nitrogen and oxygen atoms in total. The monoisotopic (exact) mass is 581 g/mol. The van der Waals surface area contributed by atoms with Gasteiger partial charge in [-0.1, -0.05) is 84.9 Å². The van der Waals surface area contributed by atoms with Gasteiger partial charge in [-0.2, -0.15) is 0 Å². The van der Waals surface area contributed by atoms with Crippen molar-refractivity contribution in [3.8, 4) is 0 Å². The molecule has 209 valence electrons. The van der Waals surface area contributed by atoms with Gasteiger partial charge in [0.25, 0.3) is 0 Å². The quantitative estimate of drug-likeness (QED) is 0.176. The molecular weight excluding hydrogens is 543 g/mol. The van der Waals surface area contributed by atoms with Crippen LogP contribution >= 0.6 is 0 Å². The zero-order valence-corrected chi connectivity index (χ0v) is 26.0. The number of aliphatic imine (C=N–C) groups is 2. The second-order valence-electron chi connectivity index (χ2n) is 9.77. The summed E-state index contributed by atoms with van der Waals surface area (Å²) in [6.07, 6.45) is 3.41. The first kappa shape index (κ1) is 33.1. The molecule has 0 unspecified atom stereocenters. The van der Waals surface area contributed by atoms with Gasteiger partial charge in [0.1, 0.15) is 11.5 Å². The van der Waals surface area contributed by atoms with Crippen molar-refractivity contribution in [1.29, 1.82) is 0 Å². The molecule has 0 aliphatic rings. The number of allylic oxidation sites excluding steroid dienone is 2. The zero-order valence-electron chi connectivity index (χ0n) is 24.6. The molecule has 0 aliphatic carbocycles. The first-order chi connectivity index (χ1) is 19.2. The molecule has 5 heteroatoms. The topological polar surface area (TPSA) is 65.2 Å². The fraction of sp³-hybridized carbons (Fsp3) is 0.167.